The second kappa shape index (κ2) is 8.72. The molecule has 2 rings (SSSR count). The zero-order valence-electron chi connectivity index (χ0n) is 15.6. The smallest absolute Gasteiger partial charge is 0.507 e. The predicted molar refractivity (Wildman–Crippen MR) is 96.2 cm³/mol. The maximum Gasteiger partial charge on any atom is 1.00 e. The van der Waals surface area contributed by atoms with Crippen LogP contribution in [-0.4, -0.2) is 47.7 Å². The Morgan fingerprint density at radius 3 is 2.52 bits per heavy atom. The van der Waals surface area contributed by atoms with Crippen LogP contribution >= 0.6 is 9.24 Å². The van der Waals surface area contributed by atoms with Crippen molar-refractivity contribution in [3.05, 3.63) is 35.7 Å². The van der Waals surface area contributed by atoms with Crippen molar-refractivity contribution < 1.29 is 70.4 Å². The van der Waals surface area contributed by atoms with Crippen LogP contribution in [0, 0.1) is 13.8 Å². The summed E-state index contributed by atoms with van der Waals surface area (Å²) in [6.45, 7) is 12.8. The molecule has 1 saturated heterocycles. The minimum Gasteiger partial charge on any atom is -0.507 e. The quantitative estimate of drug-likeness (QED) is 0.410. The van der Waals surface area contributed by atoms with E-state index < -0.39 is 5.60 Å². The first-order chi connectivity index (χ1) is 11.0. The summed E-state index contributed by atoms with van der Waals surface area (Å²) in [4.78, 5) is 24.6. The van der Waals surface area contributed by atoms with Crippen LogP contribution in [0.2, 0.25) is 0 Å². The first kappa shape index (κ1) is 22.9. The molecule has 25 heavy (non-hydrogen) atoms. The molecule has 1 fully saturated rings. The molecule has 0 saturated carbocycles. The van der Waals surface area contributed by atoms with Crippen molar-refractivity contribution in [3.63, 3.8) is 0 Å². The van der Waals surface area contributed by atoms with Crippen LogP contribution in [0.1, 0.15) is 37.5 Å². The van der Waals surface area contributed by atoms with Crippen LogP contribution in [0.3, 0.4) is 0 Å². The Hall–Kier alpha value is -0.104. The zero-order chi connectivity index (χ0) is 18.1. The Morgan fingerprint density at radius 1 is 1.40 bits per heavy atom. The van der Waals surface area contributed by atoms with Crippen molar-refractivity contribution >= 4 is 21.6 Å². The molecular weight excluding hydrogens is 364 g/mol. The van der Waals surface area contributed by atoms with Gasteiger partial charge < -0.3 is 19.2 Å². The van der Waals surface area contributed by atoms with Gasteiger partial charge in [-0.15, -0.1) is 9.24 Å². The molecule has 0 radical (unpaired) electrons. The number of carbonyl (C=O) groups excluding carboxylic acids is 2. The third kappa shape index (κ3) is 6.23. The van der Waals surface area contributed by atoms with Gasteiger partial charge in [-0.05, 0) is 27.1 Å². The molecule has 5 nitrogen and oxygen atoms in total. The Balaban J connectivity index is 0.00000312. The fourth-order valence-electron chi connectivity index (χ4n) is 2.45. The van der Waals surface area contributed by atoms with Crippen LogP contribution in [-0.2, 0) is 9.53 Å². The molecule has 132 valence electrons. The normalized spacial score (nSPS) is 15.6. The van der Waals surface area contributed by atoms with Crippen molar-refractivity contribution in [1.82, 2.24) is 4.90 Å². The summed E-state index contributed by atoms with van der Waals surface area (Å²) in [6, 6.07) is 3.49. The third-order valence-corrected chi connectivity index (χ3v) is 4.28. The Kier molecular flexibility index (Phi) is 8.00. The summed E-state index contributed by atoms with van der Waals surface area (Å²) >= 11 is 0. The average Bonchev–Trinajstić information content (AvgIpc) is 2.43. The molecule has 1 aromatic carbocycles. The number of rotatable bonds is 4. The van der Waals surface area contributed by atoms with Gasteiger partial charge in [-0.25, -0.2) is 10.4 Å². The standard InChI is InChI=1S/C18H24NO4P.K/c1-12-6-15(7-14(8-20)13(12)2)22-11-18(24)9-19(10-18)16(21)23-17(3,4)5;/h6-7H,2,9-11,24H2,1,3-5H3;/q-2;+1. The van der Waals surface area contributed by atoms with E-state index in [0.717, 1.165) is 5.56 Å². The molecule has 1 aromatic rings. The van der Waals surface area contributed by atoms with Crippen molar-refractivity contribution in [2.75, 3.05) is 19.7 Å². The van der Waals surface area contributed by atoms with Gasteiger partial charge in [-0.2, -0.15) is 6.07 Å². The van der Waals surface area contributed by atoms with E-state index in [4.69, 9.17) is 9.47 Å². The fourth-order valence-corrected chi connectivity index (χ4v) is 2.97. The van der Waals surface area contributed by atoms with E-state index in [1.807, 2.05) is 40.0 Å². The first-order valence-corrected chi connectivity index (χ1v) is 8.35. The van der Waals surface area contributed by atoms with Gasteiger partial charge >= 0.3 is 57.5 Å². The number of amides is 1. The molecule has 1 atom stereocenters. The number of hydrogen-bond donors (Lipinski definition) is 0. The van der Waals surface area contributed by atoms with Crippen LogP contribution in [0.15, 0.2) is 12.1 Å². The van der Waals surface area contributed by atoms with Gasteiger partial charge in [0.1, 0.15) is 5.60 Å². The first-order valence-electron chi connectivity index (χ1n) is 7.77. The minimum absolute atomic E-state index is 0. The van der Waals surface area contributed by atoms with Crippen LogP contribution < -0.4 is 56.1 Å². The largest absolute Gasteiger partial charge is 1.00 e. The van der Waals surface area contributed by atoms with Crippen molar-refractivity contribution in [1.29, 1.82) is 0 Å². The topological polar surface area (TPSA) is 55.8 Å². The summed E-state index contributed by atoms with van der Waals surface area (Å²) in [5.74, 6) is 0.607. The predicted octanol–water partition coefficient (Wildman–Crippen LogP) is -0.118. The molecule has 1 unspecified atom stereocenters. The Morgan fingerprint density at radius 2 is 2.00 bits per heavy atom. The van der Waals surface area contributed by atoms with E-state index in [2.05, 4.69) is 16.2 Å². The van der Waals surface area contributed by atoms with Gasteiger partial charge in [0.2, 0.25) is 0 Å². The number of benzene rings is 1. The molecule has 0 aromatic heterocycles. The molecule has 1 aliphatic rings. The van der Waals surface area contributed by atoms with E-state index >= 15 is 0 Å². The SMILES string of the molecule is [CH2-]c1c(C)cc(OCC2(P)CN(C(=O)OC(C)(C)C)C2)cc1[C-]=O.[K+]. The monoisotopic (exact) mass is 388 g/mol. The number of nitrogens with zero attached hydrogens (tertiary/aromatic N) is 1. The maximum absolute atomic E-state index is 12.0. The van der Waals surface area contributed by atoms with Gasteiger partial charge in [0, 0.05) is 18.8 Å². The van der Waals surface area contributed by atoms with Crippen molar-refractivity contribution in [3.8, 4) is 5.75 Å². The Bertz CT molecular complexity index is 651. The van der Waals surface area contributed by atoms with E-state index in [9.17, 15) is 9.59 Å². The summed E-state index contributed by atoms with van der Waals surface area (Å²) in [5, 5.41) is -0.209. The third-order valence-electron chi connectivity index (χ3n) is 3.75. The number of ether oxygens (including phenoxy) is 2. The molecule has 0 aliphatic carbocycles. The molecule has 0 N–H and O–H groups in total. The summed E-state index contributed by atoms with van der Waals surface area (Å²) < 4.78 is 11.2. The number of likely N-dealkylation sites (tertiary alicyclic amines) is 1. The van der Waals surface area contributed by atoms with Crippen LogP contribution in [0.5, 0.6) is 5.75 Å². The van der Waals surface area contributed by atoms with E-state index in [1.54, 1.807) is 11.0 Å². The van der Waals surface area contributed by atoms with Crippen LogP contribution in [0.25, 0.3) is 0 Å². The second-order valence-corrected chi connectivity index (χ2v) is 8.58. The number of aryl methyl sites for hydroxylation is 1. The van der Waals surface area contributed by atoms with Crippen LogP contribution in [0.4, 0.5) is 4.79 Å². The minimum atomic E-state index is -0.498. The van der Waals surface area contributed by atoms with Crippen molar-refractivity contribution in [2.24, 2.45) is 0 Å². The van der Waals surface area contributed by atoms with Crippen molar-refractivity contribution in [2.45, 2.75) is 38.5 Å². The number of carbonyl (C=O) groups is 1. The molecule has 7 heteroatoms. The van der Waals surface area contributed by atoms with E-state index in [0.29, 0.717) is 36.6 Å². The summed E-state index contributed by atoms with van der Waals surface area (Å²) in [6.07, 6.45) is 1.57. The average molecular weight is 388 g/mol. The van der Waals surface area contributed by atoms with Gasteiger partial charge in [-0.1, -0.05) is 13.0 Å². The zero-order valence-corrected chi connectivity index (χ0v) is 19.9. The van der Waals surface area contributed by atoms with Gasteiger partial charge in [0.25, 0.3) is 0 Å². The summed E-state index contributed by atoms with van der Waals surface area (Å²) in [7, 11) is 2.75. The molecule has 0 bridgehead atoms. The van der Waals surface area contributed by atoms with E-state index in [-0.39, 0.29) is 62.6 Å². The second-order valence-electron chi connectivity index (χ2n) is 7.36. The molecular formula is C18H24KNO4P-. The number of hydrogen-bond acceptors (Lipinski definition) is 4. The van der Waals surface area contributed by atoms with E-state index in [1.165, 1.54) is 0 Å². The molecule has 1 heterocycles. The summed E-state index contributed by atoms with van der Waals surface area (Å²) in [5.41, 5.74) is 1.46. The molecule has 1 amide bonds. The van der Waals surface area contributed by atoms with Gasteiger partial charge in [0.15, 0.2) is 0 Å². The van der Waals surface area contributed by atoms with Gasteiger partial charge in [-0.3, -0.25) is 18.1 Å². The Labute approximate surface area is 194 Å². The molecule has 0 spiro atoms. The van der Waals surface area contributed by atoms with Gasteiger partial charge in [0.05, 0.1) is 11.8 Å². The molecule has 1 aliphatic heterocycles. The fraction of sp³-hybridized carbons (Fsp3) is 0.500. The maximum atomic E-state index is 12.0.